The van der Waals surface area contributed by atoms with Crippen LogP contribution in [0.1, 0.15) is 44.9 Å². The van der Waals surface area contributed by atoms with Crippen molar-refractivity contribution < 1.29 is 14.3 Å². The largest absolute Gasteiger partial charge is 0.444 e. The Labute approximate surface area is 135 Å². The van der Waals surface area contributed by atoms with Gasteiger partial charge < -0.3 is 15.4 Å². The average molecular weight is 324 g/mol. The normalized spacial score (nSPS) is 21.4. The van der Waals surface area contributed by atoms with Gasteiger partial charge in [-0.25, -0.2) is 4.79 Å². The van der Waals surface area contributed by atoms with E-state index >= 15 is 0 Å². The molecule has 122 valence electrons. The van der Waals surface area contributed by atoms with Crippen LogP contribution in [-0.4, -0.2) is 23.6 Å². The molecule has 1 aliphatic carbocycles. The number of alkyl carbamates (subject to hydrolysis) is 1. The van der Waals surface area contributed by atoms with Gasteiger partial charge in [0.25, 0.3) is 0 Å². The summed E-state index contributed by atoms with van der Waals surface area (Å²) in [5, 5.41) is 7.79. The predicted octanol–water partition coefficient (Wildman–Crippen LogP) is 3.06. The molecule has 2 N–H and O–H groups in total. The quantitative estimate of drug-likeness (QED) is 0.894. The van der Waals surface area contributed by atoms with Crippen molar-refractivity contribution in [2.45, 2.75) is 58.2 Å². The lowest BCUT2D eigenvalue weighted by Crippen LogP contribution is -2.45. The van der Waals surface area contributed by atoms with Crippen LogP contribution in [0.5, 0.6) is 0 Å². The van der Waals surface area contributed by atoms with E-state index in [0.29, 0.717) is 6.54 Å². The van der Waals surface area contributed by atoms with Crippen molar-refractivity contribution >= 4 is 23.3 Å². The maximum absolute atomic E-state index is 12.3. The summed E-state index contributed by atoms with van der Waals surface area (Å²) in [5.74, 6) is -0.167. The van der Waals surface area contributed by atoms with Crippen LogP contribution < -0.4 is 10.6 Å². The fourth-order valence-corrected chi connectivity index (χ4v) is 3.27. The Kier molecular flexibility index (Phi) is 5.45. The lowest BCUT2D eigenvalue weighted by atomic mass is 10.0. The van der Waals surface area contributed by atoms with Gasteiger partial charge in [0.15, 0.2) is 0 Å². The van der Waals surface area contributed by atoms with Gasteiger partial charge in [-0.2, -0.15) is 0 Å². The van der Waals surface area contributed by atoms with E-state index < -0.39 is 11.7 Å². The first-order valence-electron chi connectivity index (χ1n) is 7.65. The molecule has 1 heterocycles. The SMILES string of the molecule is CC(C)(C)OC(=O)NC1CCCC1C(=O)NCc1cccs1. The number of amides is 2. The third-order valence-electron chi connectivity index (χ3n) is 3.57. The molecule has 5 nitrogen and oxygen atoms in total. The van der Waals surface area contributed by atoms with Crippen LogP contribution >= 0.6 is 11.3 Å². The van der Waals surface area contributed by atoms with Crippen molar-refractivity contribution in [1.82, 2.24) is 10.6 Å². The number of carbonyl (C=O) groups is 2. The molecule has 0 aliphatic heterocycles. The third kappa shape index (κ3) is 5.02. The Morgan fingerprint density at radius 1 is 1.36 bits per heavy atom. The second-order valence-electron chi connectivity index (χ2n) is 6.59. The monoisotopic (exact) mass is 324 g/mol. The smallest absolute Gasteiger partial charge is 0.407 e. The lowest BCUT2D eigenvalue weighted by molar-refractivity contribution is -0.125. The molecule has 1 aromatic heterocycles. The van der Waals surface area contributed by atoms with Crippen molar-refractivity contribution in [3.8, 4) is 0 Å². The highest BCUT2D eigenvalue weighted by Crippen LogP contribution is 2.26. The topological polar surface area (TPSA) is 67.4 Å². The molecular weight excluding hydrogens is 300 g/mol. The van der Waals surface area contributed by atoms with Crippen molar-refractivity contribution in [1.29, 1.82) is 0 Å². The van der Waals surface area contributed by atoms with Gasteiger partial charge in [-0.1, -0.05) is 12.5 Å². The third-order valence-corrected chi connectivity index (χ3v) is 4.45. The highest BCUT2D eigenvalue weighted by molar-refractivity contribution is 7.09. The zero-order valence-electron chi connectivity index (χ0n) is 13.3. The van der Waals surface area contributed by atoms with E-state index in [1.165, 1.54) is 0 Å². The summed E-state index contributed by atoms with van der Waals surface area (Å²) < 4.78 is 5.27. The van der Waals surface area contributed by atoms with Crippen LogP contribution in [0.4, 0.5) is 4.79 Å². The summed E-state index contributed by atoms with van der Waals surface area (Å²) in [4.78, 5) is 25.3. The number of ether oxygens (including phenoxy) is 1. The first-order chi connectivity index (χ1) is 10.3. The molecule has 2 amide bonds. The van der Waals surface area contributed by atoms with Crippen LogP contribution in [-0.2, 0) is 16.1 Å². The molecule has 0 saturated heterocycles. The van der Waals surface area contributed by atoms with Crippen LogP contribution in [0.15, 0.2) is 17.5 Å². The fourth-order valence-electron chi connectivity index (χ4n) is 2.62. The van der Waals surface area contributed by atoms with Gasteiger partial charge in [-0.3, -0.25) is 4.79 Å². The van der Waals surface area contributed by atoms with E-state index in [4.69, 9.17) is 4.74 Å². The molecule has 2 unspecified atom stereocenters. The first-order valence-corrected chi connectivity index (χ1v) is 8.53. The minimum Gasteiger partial charge on any atom is -0.444 e. The number of hydrogen-bond donors (Lipinski definition) is 2. The maximum Gasteiger partial charge on any atom is 0.407 e. The molecule has 0 spiro atoms. The number of rotatable bonds is 4. The molecule has 0 bridgehead atoms. The number of hydrogen-bond acceptors (Lipinski definition) is 4. The first kappa shape index (κ1) is 16.8. The van der Waals surface area contributed by atoms with Gasteiger partial charge >= 0.3 is 6.09 Å². The maximum atomic E-state index is 12.3. The van der Waals surface area contributed by atoms with Crippen molar-refractivity contribution in [2.24, 2.45) is 5.92 Å². The van der Waals surface area contributed by atoms with Gasteiger partial charge in [-0.15, -0.1) is 11.3 Å². The Morgan fingerprint density at radius 2 is 2.14 bits per heavy atom. The Hall–Kier alpha value is -1.56. The molecule has 1 fully saturated rings. The number of carbonyl (C=O) groups excluding carboxylic acids is 2. The summed E-state index contributed by atoms with van der Waals surface area (Å²) in [5.41, 5.74) is -0.528. The highest BCUT2D eigenvalue weighted by atomic mass is 32.1. The molecule has 1 aliphatic rings. The second-order valence-corrected chi connectivity index (χ2v) is 7.62. The van der Waals surface area contributed by atoms with E-state index in [9.17, 15) is 9.59 Å². The average Bonchev–Trinajstić information content (AvgIpc) is 3.04. The molecule has 0 radical (unpaired) electrons. The number of nitrogens with one attached hydrogen (secondary N) is 2. The summed E-state index contributed by atoms with van der Waals surface area (Å²) in [6, 6.07) is 3.82. The molecule has 6 heteroatoms. The van der Waals surface area contributed by atoms with Crippen LogP contribution in [0.2, 0.25) is 0 Å². The zero-order valence-corrected chi connectivity index (χ0v) is 14.2. The van der Waals surface area contributed by atoms with E-state index in [1.807, 2.05) is 38.3 Å². The van der Waals surface area contributed by atoms with Gasteiger partial charge in [0.2, 0.25) is 5.91 Å². The van der Waals surface area contributed by atoms with Crippen molar-refractivity contribution in [2.75, 3.05) is 0 Å². The predicted molar refractivity (Wildman–Crippen MR) is 86.7 cm³/mol. The summed E-state index contributed by atoms with van der Waals surface area (Å²) in [7, 11) is 0. The van der Waals surface area contributed by atoms with E-state index in [-0.39, 0.29) is 17.9 Å². The Balaban J connectivity index is 1.84. The molecular formula is C16H24N2O3S. The second kappa shape index (κ2) is 7.13. The van der Waals surface area contributed by atoms with E-state index in [2.05, 4.69) is 10.6 Å². The van der Waals surface area contributed by atoms with Gasteiger partial charge in [0.1, 0.15) is 5.60 Å². The summed E-state index contributed by atoms with van der Waals surface area (Å²) in [6.45, 7) is 6.03. The lowest BCUT2D eigenvalue weighted by Gasteiger charge is -2.24. The van der Waals surface area contributed by atoms with Crippen LogP contribution in [0.25, 0.3) is 0 Å². The summed E-state index contributed by atoms with van der Waals surface area (Å²) >= 11 is 1.62. The minimum atomic E-state index is -0.528. The molecule has 2 rings (SSSR count). The Bertz CT molecular complexity index is 508. The molecule has 2 atom stereocenters. The van der Waals surface area contributed by atoms with Crippen LogP contribution in [0, 0.1) is 5.92 Å². The molecule has 1 saturated carbocycles. The van der Waals surface area contributed by atoms with Gasteiger partial charge in [0, 0.05) is 10.9 Å². The number of thiophene rings is 1. The highest BCUT2D eigenvalue weighted by Gasteiger charge is 2.34. The van der Waals surface area contributed by atoms with Crippen molar-refractivity contribution in [3.05, 3.63) is 22.4 Å². The van der Waals surface area contributed by atoms with E-state index in [0.717, 1.165) is 24.1 Å². The molecule has 22 heavy (non-hydrogen) atoms. The standard InChI is InChI=1S/C16H24N2O3S/c1-16(2,3)21-15(20)18-13-8-4-7-12(13)14(19)17-10-11-6-5-9-22-11/h5-6,9,12-13H,4,7-8,10H2,1-3H3,(H,17,19)(H,18,20). The van der Waals surface area contributed by atoms with Crippen LogP contribution in [0.3, 0.4) is 0 Å². The van der Waals surface area contributed by atoms with E-state index in [1.54, 1.807) is 11.3 Å². The van der Waals surface area contributed by atoms with Gasteiger partial charge in [-0.05, 0) is 45.1 Å². The molecule has 0 aromatic carbocycles. The zero-order chi connectivity index (χ0) is 16.2. The molecule has 1 aromatic rings. The van der Waals surface area contributed by atoms with Gasteiger partial charge in [0.05, 0.1) is 12.5 Å². The minimum absolute atomic E-state index is 0.00644. The summed E-state index contributed by atoms with van der Waals surface area (Å²) in [6.07, 6.45) is 2.11. The fraction of sp³-hybridized carbons (Fsp3) is 0.625. The van der Waals surface area contributed by atoms with Crippen molar-refractivity contribution in [3.63, 3.8) is 0 Å². The Morgan fingerprint density at radius 3 is 2.77 bits per heavy atom.